The molecule has 2 fully saturated rings. The molecule has 1 saturated carbocycles. The maximum absolute atomic E-state index is 6.29. The number of hydrogen-bond acceptors (Lipinski definition) is 2. The molecule has 1 saturated heterocycles. The lowest BCUT2D eigenvalue weighted by atomic mass is 9.85. The van der Waals surface area contributed by atoms with Crippen LogP contribution in [0.3, 0.4) is 0 Å². The van der Waals surface area contributed by atoms with Gasteiger partial charge in [-0.05, 0) is 44.1 Å². The summed E-state index contributed by atoms with van der Waals surface area (Å²) in [7, 11) is 0. The zero-order chi connectivity index (χ0) is 10.2. The van der Waals surface area contributed by atoms with Crippen LogP contribution in [0.4, 0.5) is 0 Å². The van der Waals surface area contributed by atoms with E-state index in [0.29, 0.717) is 0 Å². The first-order valence-electron chi connectivity index (χ1n) is 6.11. The highest BCUT2D eigenvalue weighted by Crippen LogP contribution is 2.42. The fraction of sp³-hybridized carbons (Fsp3) is 1.00. The van der Waals surface area contributed by atoms with E-state index < -0.39 is 0 Å². The number of rotatable bonds is 5. The maximum atomic E-state index is 6.29. The summed E-state index contributed by atoms with van der Waals surface area (Å²) in [4.78, 5) is 2.53. The van der Waals surface area contributed by atoms with Crippen LogP contribution in [0, 0.1) is 11.8 Å². The molecule has 2 aliphatic rings. The molecule has 0 aromatic rings. The van der Waals surface area contributed by atoms with Gasteiger partial charge in [0.2, 0.25) is 0 Å². The van der Waals surface area contributed by atoms with Crippen LogP contribution in [-0.2, 0) is 0 Å². The lowest BCUT2D eigenvalue weighted by molar-refractivity contribution is 0.0527. The molecule has 0 bridgehead atoms. The van der Waals surface area contributed by atoms with Crippen molar-refractivity contribution in [2.45, 2.75) is 45.1 Å². The molecule has 0 aromatic heterocycles. The van der Waals surface area contributed by atoms with Gasteiger partial charge in [-0.2, -0.15) is 0 Å². The molecule has 0 aromatic carbocycles. The lowest BCUT2D eigenvalue weighted by Gasteiger charge is -2.48. The van der Waals surface area contributed by atoms with Crippen molar-refractivity contribution in [2.24, 2.45) is 17.6 Å². The summed E-state index contributed by atoms with van der Waals surface area (Å²) in [5.41, 5.74) is 6.51. The first-order valence-corrected chi connectivity index (χ1v) is 6.11. The highest BCUT2D eigenvalue weighted by atomic mass is 15.3. The second-order valence-corrected chi connectivity index (χ2v) is 5.75. The third kappa shape index (κ3) is 2.29. The number of nitrogens with two attached hydrogens (primary N) is 1. The molecular weight excluding hydrogens is 172 g/mol. The Bertz CT molecular complexity index is 190. The van der Waals surface area contributed by atoms with Crippen molar-refractivity contribution >= 4 is 0 Å². The highest BCUT2D eigenvalue weighted by molar-refractivity contribution is 5.08. The van der Waals surface area contributed by atoms with Crippen LogP contribution in [0.2, 0.25) is 0 Å². The van der Waals surface area contributed by atoms with Crippen LogP contribution in [0.25, 0.3) is 0 Å². The Hall–Kier alpha value is -0.0800. The lowest BCUT2D eigenvalue weighted by Crippen LogP contribution is -2.68. The van der Waals surface area contributed by atoms with Gasteiger partial charge in [-0.25, -0.2) is 0 Å². The summed E-state index contributed by atoms with van der Waals surface area (Å²) in [5.74, 6) is 1.71. The van der Waals surface area contributed by atoms with E-state index in [4.69, 9.17) is 5.73 Å². The molecule has 0 unspecified atom stereocenters. The van der Waals surface area contributed by atoms with Crippen molar-refractivity contribution in [2.75, 3.05) is 19.6 Å². The van der Waals surface area contributed by atoms with Crippen LogP contribution < -0.4 is 5.73 Å². The SMILES string of the molecule is CC(C)CCCN1CC(N)(C2CC2)C1. The van der Waals surface area contributed by atoms with Gasteiger partial charge in [0.1, 0.15) is 0 Å². The minimum Gasteiger partial charge on any atom is -0.323 e. The molecule has 0 spiro atoms. The quantitative estimate of drug-likeness (QED) is 0.727. The zero-order valence-corrected chi connectivity index (χ0v) is 9.63. The smallest absolute Gasteiger partial charge is 0.0440 e. The van der Waals surface area contributed by atoms with Crippen LogP contribution in [0.15, 0.2) is 0 Å². The maximum Gasteiger partial charge on any atom is 0.0440 e. The summed E-state index contributed by atoms with van der Waals surface area (Å²) < 4.78 is 0. The molecule has 2 nitrogen and oxygen atoms in total. The minimum absolute atomic E-state index is 0.220. The Morgan fingerprint density at radius 1 is 1.36 bits per heavy atom. The van der Waals surface area contributed by atoms with E-state index in [9.17, 15) is 0 Å². The van der Waals surface area contributed by atoms with Crippen molar-refractivity contribution in [3.63, 3.8) is 0 Å². The molecule has 2 N–H and O–H groups in total. The first-order chi connectivity index (χ1) is 6.60. The Morgan fingerprint density at radius 2 is 2.00 bits per heavy atom. The van der Waals surface area contributed by atoms with E-state index in [1.165, 1.54) is 32.2 Å². The summed E-state index contributed by atoms with van der Waals surface area (Å²) >= 11 is 0. The predicted octanol–water partition coefficient (Wildman–Crippen LogP) is 1.85. The van der Waals surface area contributed by atoms with Gasteiger partial charge in [0.25, 0.3) is 0 Å². The normalized spacial score (nSPS) is 26.6. The molecule has 0 radical (unpaired) electrons. The van der Waals surface area contributed by atoms with E-state index >= 15 is 0 Å². The summed E-state index contributed by atoms with van der Waals surface area (Å²) in [5, 5.41) is 0. The third-order valence-electron chi connectivity index (χ3n) is 3.68. The Labute approximate surface area is 87.8 Å². The number of nitrogens with zero attached hydrogens (tertiary/aromatic N) is 1. The standard InChI is InChI=1S/C12H24N2/c1-10(2)4-3-7-14-8-12(13,9-14)11-5-6-11/h10-11H,3-9,13H2,1-2H3. The van der Waals surface area contributed by atoms with Gasteiger partial charge in [-0.1, -0.05) is 13.8 Å². The highest BCUT2D eigenvalue weighted by Gasteiger charge is 2.49. The van der Waals surface area contributed by atoms with Gasteiger partial charge in [0, 0.05) is 18.6 Å². The molecule has 0 amide bonds. The average molecular weight is 196 g/mol. The topological polar surface area (TPSA) is 29.3 Å². The molecular formula is C12H24N2. The van der Waals surface area contributed by atoms with E-state index in [2.05, 4.69) is 18.7 Å². The molecule has 1 aliphatic heterocycles. The molecule has 0 atom stereocenters. The van der Waals surface area contributed by atoms with Crippen molar-refractivity contribution < 1.29 is 0 Å². The van der Waals surface area contributed by atoms with Crippen molar-refractivity contribution in [1.29, 1.82) is 0 Å². The van der Waals surface area contributed by atoms with Gasteiger partial charge in [-0.15, -0.1) is 0 Å². The van der Waals surface area contributed by atoms with Gasteiger partial charge < -0.3 is 5.73 Å². The third-order valence-corrected chi connectivity index (χ3v) is 3.68. The predicted molar refractivity (Wildman–Crippen MR) is 60.2 cm³/mol. The number of likely N-dealkylation sites (tertiary alicyclic amines) is 1. The Kier molecular flexibility index (Phi) is 2.85. The fourth-order valence-corrected chi connectivity index (χ4v) is 2.58. The van der Waals surface area contributed by atoms with Gasteiger partial charge in [0.15, 0.2) is 0 Å². The molecule has 14 heavy (non-hydrogen) atoms. The second-order valence-electron chi connectivity index (χ2n) is 5.75. The Balaban J connectivity index is 1.58. The van der Waals surface area contributed by atoms with Gasteiger partial charge >= 0.3 is 0 Å². The molecule has 2 heteroatoms. The van der Waals surface area contributed by atoms with Crippen molar-refractivity contribution in [3.8, 4) is 0 Å². The van der Waals surface area contributed by atoms with E-state index in [1.54, 1.807) is 0 Å². The average Bonchev–Trinajstić information content (AvgIpc) is 2.82. The summed E-state index contributed by atoms with van der Waals surface area (Å²) in [6.07, 6.45) is 5.47. The molecule has 2 rings (SSSR count). The molecule has 82 valence electrons. The first kappa shape index (κ1) is 10.4. The van der Waals surface area contributed by atoms with Crippen LogP contribution >= 0.6 is 0 Å². The fourth-order valence-electron chi connectivity index (χ4n) is 2.58. The van der Waals surface area contributed by atoms with Crippen LogP contribution in [0.5, 0.6) is 0 Å². The summed E-state index contributed by atoms with van der Waals surface area (Å²) in [6.45, 7) is 8.19. The number of hydrogen-bond donors (Lipinski definition) is 1. The van der Waals surface area contributed by atoms with E-state index in [1.807, 2.05) is 0 Å². The van der Waals surface area contributed by atoms with Gasteiger partial charge in [-0.3, -0.25) is 4.90 Å². The zero-order valence-electron chi connectivity index (χ0n) is 9.63. The van der Waals surface area contributed by atoms with E-state index in [-0.39, 0.29) is 5.54 Å². The molecule has 1 heterocycles. The van der Waals surface area contributed by atoms with Crippen LogP contribution in [0.1, 0.15) is 39.5 Å². The van der Waals surface area contributed by atoms with E-state index in [0.717, 1.165) is 24.9 Å². The monoisotopic (exact) mass is 196 g/mol. The van der Waals surface area contributed by atoms with Crippen LogP contribution in [-0.4, -0.2) is 30.1 Å². The summed E-state index contributed by atoms with van der Waals surface area (Å²) in [6, 6.07) is 0. The van der Waals surface area contributed by atoms with Gasteiger partial charge in [0.05, 0.1) is 0 Å². The molecule has 1 aliphatic carbocycles. The largest absolute Gasteiger partial charge is 0.323 e. The van der Waals surface area contributed by atoms with Crippen molar-refractivity contribution in [1.82, 2.24) is 4.90 Å². The second kappa shape index (κ2) is 3.82. The Morgan fingerprint density at radius 3 is 2.50 bits per heavy atom. The van der Waals surface area contributed by atoms with Crippen molar-refractivity contribution in [3.05, 3.63) is 0 Å². The minimum atomic E-state index is 0.220.